The van der Waals surface area contributed by atoms with Gasteiger partial charge in [-0.05, 0) is 32.6 Å². The Morgan fingerprint density at radius 3 is 2.35 bits per heavy atom. The fourth-order valence-corrected chi connectivity index (χ4v) is 3.46. The summed E-state index contributed by atoms with van der Waals surface area (Å²) in [6.07, 6.45) is 1.24. The van der Waals surface area contributed by atoms with E-state index in [0.717, 1.165) is 12.1 Å². The molecule has 114 valence electrons. The van der Waals surface area contributed by atoms with Gasteiger partial charge < -0.3 is 9.88 Å². The molecule has 0 fully saturated rings. The third-order valence-corrected chi connectivity index (χ3v) is 3.87. The second-order valence-electron chi connectivity index (χ2n) is 7.21. The number of thiazole rings is 1. The van der Waals surface area contributed by atoms with E-state index in [9.17, 15) is 9.59 Å². The molecule has 0 bridgehead atoms. The van der Waals surface area contributed by atoms with Gasteiger partial charge in [0.05, 0.1) is 0 Å². The van der Waals surface area contributed by atoms with E-state index in [1.807, 2.05) is 26.2 Å². The van der Waals surface area contributed by atoms with Gasteiger partial charge in [-0.3, -0.25) is 9.59 Å². The zero-order valence-corrected chi connectivity index (χ0v) is 14.2. The largest absolute Gasteiger partial charge is 0.351 e. The van der Waals surface area contributed by atoms with Crippen molar-refractivity contribution in [2.24, 2.45) is 5.41 Å². The molecule has 0 saturated heterocycles. The quantitative estimate of drug-likeness (QED) is 0.908. The van der Waals surface area contributed by atoms with Gasteiger partial charge in [-0.2, -0.15) is 0 Å². The lowest BCUT2D eigenvalue weighted by Crippen LogP contribution is -2.46. The maximum absolute atomic E-state index is 12.0. The van der Waals surface area contributed by atoms with Crippen LogP contribution in [0.25, 0.3) is 0 Å². The Morgan fingerprint density at radius 1 is 1.30 bits per heavy atom. The van der Waals surface area contributed by atoms with E-state index in [4.69, 9.17) is 0 Å². The van der Waals surface area contributed by atoms with Crippen molar-refractivity contribution < 1.29 is 4.79 Å². The highest BCUT2D eigenvalue weighted by Gasteiger charge is 2.26. The number of nitrogens with zero attached hydrogens (tertiary/aromatic N) is 1. The average Bonchev–Trinajstić information content (AvgIpc) is 2.51. The zero-order valence-electron chi connectivity index (χ0n) is 13.4. The molecule has 0 aliphatic carbocycles. The number of aryl methyl sites for hydroxylation is 1. The van der Waals surface area contributed by atoms with Crippen molar-refractivity contribution in [2.75, 3.05) is 0 Å². The molecule has 1 N–H and O–H groups in total. The van der Waals surface area contributed by atoms with Crippen molar-refractivity contribution in [2.45, 2.75) is 66.5 Å². The summed E-state index contributed by atoms with van der Waals surface area (Å²) in [5, 5.41) is 4.89. The highest BCUT2D eigenvalue weighted by atomic mass is 32.1. The monoisotopic (exact) mass is 298 g/mol. The van der Waals surface area contributed by atoms with Crippen molar-refractivity contribution in [1.82, 2.24) is 9.88 Å². The molecule has 0 unspecified atom stereocenters. The standard InChI is InChI=1S/C15H26N2O2S/c1-11-9-20-13(19)17(11)8-7-12(18)16-15(5,6)10-14(2,3)4/h9H,7-8,10H2,1-6H3,(H,16,18). The molecule has 0 aromatic carbocycles. The average molecular weight is 298 g/mol. The van der Waals surface area contributed by atoms with Gasteiger partial charge in [0, 0.05) is 29.6 Å². The number of carbonyl (C=O) groups is 1. The summed E-state index contributed by atoms with van der Waals surface area (Å²) in [5.74, 6) is -0.00301. The van der Waals surface area contributed by atoms with Crippen molar-refractivity contribution in [3.05, 3.63) is 20.7 Å². The van der Waals surface area contributed by atoms with Crippen LogP contribution in [0.5, 0.6) is 0 Å². The van der Waals surface area contributed by atoms with Gasteiger partial charge >= 0.3 is 4.87 Å². The molecule has 0 saturated carbocycles. The number of hydrogen-bond donors (Lipinski definition) is 1. The number of amides is 1. The van der Waals surface area contributed by atoms with Crippen molar-refractivity contribution >= 4 is 17.2 Å². The third kappa shape index (κ3) is 5.49. The second kappa shape index (κ2) is 6.12. The Kier molecular flexibility index (Phi) is 5.19. The second-order valence-corrected chi connectivity index (χ2v) is 8.03. The van der Waals surface area contributed by atoms with Gasteiger partial charge in [0.2, 0.25) is 5.91 Å². The smallest absolute Gasteiger partial charge is 0.307 e. The predicted molar refractivity (Wildman–Crippen MR) is 84.2 cm³/mol. The molecule has 5 heteroatoms. The summed E-state index contributed by atoms with van der Waals surface area (Å²) in [5.41, 5.74) is 0.850. The van der Waals surface area contributed by atoms with Crippen LogP contribution in [0.3, 0.4) is 0 Å². The fraction of sp³-hybridized carbons (Fsp3) is 0.733. The number of carbonyl (C=O) groups excluding carboxylic acids is 1. The van der Waals surface area contributed by atoms with Crippen molar-refractivity contribution in [1.29, 1.82) is 0 Å². The summed E-state index contributed by atoms with van der Waals surface area (Å²) in [7, 11) is 0. The summed E-state index contributed by atoms with van der Waals surface area (Å²) < 4.78 is 1.65. The molecule has 0 atom stereocenters. The summed E-state index contributed by atoms with van der Waals surface area (Å²) in [6.45, 7) is 12.9. The Morgan fingerprint density at radius 2 is 1.90 bits per heavy atom. The van der Waals surface area contributed by atoms with E-state index >= 15 is 0 Å². The molecular formula is C15H26N2O2S. The number of hydrogen-bond acceptors (Lipinski definition) is 3. The molecule has 20 heavy (non-hydrogen) atoms. The minimum Gasteiger partial charge on any atom is -0.351 e. The first-order valence-electron chi connectivity index (χ1n) is 6.96. The zero-order chi connectivity index (χ0) is 15.6. The van der Waals surface area contributed by atoms with Crippen molar-refractivity contribution in [3.63, 3.8) is 0 Å². The van der Waals surface area contributed by atoms with Crippen LogP contribution in [-0.4, -0.2) is 16.0 Å². The summed E-state index contributed by atoms with van der Waals surface area (Å²) >= 11 is 1.18. The molecule has 4 nitrogen and oxygen atoms in total. The SMILES string of the molecule is Cc1csc(=O)n1CCC(=O)NC(C)(C)CC(C)(C)C. The molecular weight excluding hydrogens is 272 g/mol. The molecule has 1 aromatic heterocycles. The molecule has 1 aromatic rings. The van der Waals surface area contributed by atoms with Crippen LogP contribution >= 0.6 is 11.3 Å². The van der Waals surface area contributed by atoms with E-state index in [2.05, 4.69) is 26.1 Å². The molecule has 1 rings (SSSR count). The normalized spacial score (nSPS) is 12.5. The Bertz CT molecular complexity index is 521. The summed E-state index contributed by atoms with van der Waals surface area (Å²) in [4.78, 5) is 23.6. The van der Waals surface area contributed by atoms with E-state index in [0.29, 0.717) is 13.0 Å². The third-order valence-electron chi connectivity index (χ3n) is 2.99. The Labute approximate surface area is 125 Å². The topological polar surface area (TPSA) is 51.1 Å². The predicted octanol–water partition coefficient (Wildman–Crippen LogP) is 2.94. The lowest BCUT2D eigenvalue weighted by Gasteiger charge is -2.33. The van der Waals surface area contributed by atoms with Gasteiger partial charge in [0.15, 0.2) is 0 Å². The van der Waals surface area contributed by atoms with Crippen LogP contribution in [0.1, 0.15) is 53.2 Å². The number of rotatable bonds is 5. The van der Waals surface area contributed by atoms with E-state index in [-0.39, 0.29) is 21.7 Å². The lowest BCUT2D eigenvalue weighted by molar-refractivity contribution is -0.123. The number of aromatic nitrogens is 1. The van der Waals surface area contributed by atoms with Crippen LogP contribution in [0.4, 0.5) is 0 Å². The number of nitrogens with one attached hydrogen (secondary N) is 1. The van der Waals surface area contributed by atoms with E-state index in [1.54, 1.807) is 4.57 Å². The molecule has 1 heterocycles. The van der Waals surface area contributed by atoms with E-state index in [1.165, 1.54) is 11.3 Å². The first-order valence-corrected chi connectivity index (χ1v) is 7.84. The highest BCUT2D eigenvalue weighted by Crippen LogP contribution is 2.26. The molecule has 0 aliphatic rings. The minimum absolute atomic E-state index is 0.00301. The Hall–Kier alpha value is -1.10. The first kappa shape index (κ1) is 17.0. The van der Waals surface area contributed by atoms with Crippen LogP contribution in [0, 0.1) is 12.3 Å². The van der Waals surface area contributed by atoms with Crippen LogP contribution in [0.15, 0.2) is 10.2 Å². The van der Waals surface area contributed by atoms with Crippen LogP contribution in [0.2, 0.25) is 0 Å². The van der Waals surface area contributed by atoms with Gasteiger partial charge in [-0.15, -0.1) is 0 Å². The molecule has 0 radical (unpaired) electrons. The molecule has 0 spiro atoms. The van der Waals surface area contributed by atoms with Gasteiger partial charge in [-0.1, -0.05) is 32.1 Å². The maximum atomic E-state index is 12.0. The van der Waals surface area contributed by atoms with Gasteiger partial charge in [-0.25, -0.2) is 0 Å². The molecule has 1 amide bonds. The van der Waals surface area contributed by atoms with Crippen LogP contribution in [-0.2, 0) is 11.3 Å². The van der Waals surface area contributed by atoms with Crippen molar-refractivity contribution in [3.8, 4) is 0 Å². The highest BCUT2D eigenvalue weighted by molar-refractivity contribution is 7.07. The first-order chi connectivity index (χ1) is 9.00. The maximum Gasteiger partial charge on any atom is 0.307 e. The van der Waals surface area contributed by atoms with Gasteiger partial charge in [0.25, 0.3) is 0 Å². The van der Waals surface area contributed by atoms with Gasteiger partial charge in [0.1, 0.15) is 0 Å². The summed E-state index contributed by atoms with van der Waals surface area (Å²) in [6, 6.07) is 0. The lowest BCUT2D eigenvalue weighted by atomic mass is 9.82. The molecule has 0 aliphatic heterocycles. The fourth-order valence-electron chi connectivity index (χ4n) is 2.70. The van der Waals surface area contributed by atoms with E-state index < -0.39 is 0 Å². The van der Waals surface area contributed by atoms with Crippen LogP contribution < -0.4 is 10.2 Å². The minimum atomic E-state index is -0.232. The Balaban J connectivity index is 2.54.